The molecule has 0 rings (SSSR count). The van der Waals surface area contributed by atoms with E-state index in [1.807, 2.05) is 6.08 Å². The lowest BCUT2D eigenvalue weighted by Gasteiger charge is -2.09. The molecule has 74 valence electrons. The van der Waals surface area contributed by atoms with Crippen LogP contribution in [-0.4, -0.2) is 5.75 Å². The van der Waals surface area contributed by atoms with E-state index in [9.17, 15) is 0 Å². The highest BCUT2D eigenvalue weighted by Gasteiger charge is 2.01. The van der Waals surface area contributed by atoms with Gasteiger partial charge in [-0.1, -0.05) is 23.8 Å². The van der Waals surface area contributed by atoms with E-state index in [1.54, 1.807) is 0 Å². The molecule has 1 atom stereocenters. The summed E-state index contributed by atoms with van der Waals surface area (Å²) in [4.78, 5) is 0. The molecule has 1 heteroatoms. The molecule has 0 bridgehead atoms. The van der Waals surface area contributed by atoms with Gasteiger partial charge in [0.25, 0.3) is 0 Å². The molecular formula is C12H20S. The molecule has 0 heterocycles. The second-order valence-corrected chi connectivity index (χ2v) is 3.83. The van der Waals surface area contributed by atoms with Gasteiger partial charge in [-0.2, -0.15) is 12.6 Å². The summed E-state index contributed by atoms with van der Waals surface area (Å²) >= 11 is 4.16. The summed E-state index contributed by atoms with van der Waals surface area (Å²) in [6.45, 7) is 9.75. The summed E-state index contributed by atoms with van der Waals surface area (Å²) < 4.78 is 0. The topological polar surface area (TPSA) is 0 Å². The first-order valence-corrected chi connectivity index (χ1v) is 5.36. The molecule has 0 N–H and O–H groups in total. The quantitative estimate of drug-likeness (QED) is 0.461. The number of allylic oxidation sites excluding steroid dienone is 4. The summed E-state index contributed by atoms with van der Waals surface area (Å²) in [6, 6.07) is 0. The lowest BCUT2D eigenvalue weighted by atomic mass is 9.97. The van der Waals surface area contributed by atoms with Crippen LogP contribution in [0.4, 0.5) is 0 Å². The number of hydrogen-bond acceptors (Lipinski definition) is 1. The molecule has 0 aromatic rings. The Kier molecular flexibility index (Phi) is 7.91. The maximum atomic E-state index is 4.16. The molecule has 0 fully saturated rings. The highest BCUT2D eigenvalue weighted by atomic mass is 32.1. The number of rotatable bonds is 7. The van der Waals surface area contributed by atoms with Crippen LogP contribution < -0.4 is 0 Å². The first kappa shape index (κ1) is 12.6. The van der Waals surface area contributed by atoms with Crippen LogP contribution in [0, 0.1) is 5.92 Å². The van der Waals surface area contributed by atoms with Crippen molar-refractivity contribution in [2.24, 2.45) is 5.92 Å². The largest absolute Gasteiger partial charge is 0.179 e. The third-order valence-electron chi connectivity index (χ3n) is 1.78. The van der Waals surface area contributed by atoms with Gasteiger partial charge in [0.2, 0.25) is 0 Å². The SMILES string of the molecule is C=CC[C@H](/C=C/CCS)CC(=C)C. The van der Waals surface area contributed by atoms with Gasteiger partial charge in [0.05, 0.1) is 0 Å². The molecule has 0 amide bonds. The lowest BCUT2D eigenvalue weighted by molar-refractivity contribution is 0.654. The molecule has 0 saturated heterocycles. The van der Waals surface area contributed by atoms with Gasteiger partial charge >= 0.3 is 0 Å². The van der Waals surface area contributed by atoms with E-state index in [-0.39, 0.29) is 0 Å². The minimum absolute atomic E-state index is 0.579. The van der Waals surface area contributed by atoms with Gasteiger partial charge in [-0.05, 0) is 37.9 Å². The zero-order chi connectivity index (χ0) is 10.1. The summed E-state index contributed by atoms with van der Waals surface area (Å²) in [5.41, 5.74) is 1.24. The average Bonchev–Trinajstić information content (AvgIpc) is 2.04. The van der Waals surface area contributed by atoms with Gasteiger partial charge < -0.3 is 0 Å². The fourth-order valence-corrected chi connectivity index (χ4v) is 1.40. The van der Waals surface area contributed by atoms with Crippen LogP contribution in [0.2, 0.25) is 0 Å². The highest BCUT2D eigenvalue weighted by Crippen LogP contribution is 2.16. The zero-order valence-corrected chi connectivity index (χ0v) is 9.39. The summed E-state index contributed by atoms with van der Waals surface area (Å²) in [6.07, 6.45) is 9.58. The third kappa shape index (κ3) is 7.92. The van der Waals surface area contributed by atoms with Crippen LogP contribution in [0.5, 0.6) is 0 Å². The lowest BCUT2D eigenvalue weighted by Crippen LogP contribution is -1.95. The third-order valence-corrected chi connectivity index (χ3v) is 2.04. The fraction of sp³-hybridized carbons (Fsp3) is 0.500. The molecule has 0 saturated carbocycles. The molecule has 13 heavy (non-hydrogen) atoms. The van der Waals surface area contributed by atoms with E-state index in [0.29, 0.717) is 5.92 Å². The minimum Gasteiger partial charge on any atom is -0.179 e. The van der Waals surface area contributed by atoms with Crippen LogP contribution in [0.3, 0.4) is 0 Å². The second kappa shape index (κ2) is 8.18. The second-order valence-electron chi connectivity index (χ2n) is 3.39. The average molecular weight is 196 g/mol. The molecule has 0 aliphatic heterocycles. The Bertz CT molecular complexity index is 180. The van der Waals surface area contributed by atoms with Gasteiger partial charge in [0.15, 0.2) is 0 Å². The van der Waals surface area contributed by atoms with Gasteiger partial charge in [0.1, 0.15) is 0 Å². The summed E-state index contributed by atoms with van der Waals surface area (Å²) in [5, 5.41) is 0. The van der Waals surface area contributed by atoms with E-state index in [1.165, 1.54) is 5.57 Å². The van der Waals surface area contributed by atoms with E-state index in [4.69, 9.17) is 0 Å². The summed E-state index contributed by atoms with van der Waals surface area (Å²) in [7, 11) is 0. The van der Waals surface area contributed by atoms with Crippen molar-refractivity contribution in [2.75, 3.05) is 5.75 Å². The zero-order valence-electron chi connectivity index (χ0n) is 8.50. The van der Waals surface area contributed by atoms with Crippen molar-refractivity contribution in [1.29, 1.82) is 0 Å². The Balaban J connectivity index is 3.92. The minimum atomic E-state index is 0.579. The van der Waals surface area contributed by atoms with Gasteiger partial charge in [-0.15, -0.1) is 13.2 Å². The van der Waals surface area contributed by atoms with Crippen molar-refractivity contribution in [1.82, 2.24) is 0 Å². The Labute approximate surface area is 87.8 Å². The fourth-order valence-electron chi connectivity index (χ4n) is 1.25. The maximum Gasteiger partial charge on any atom is -0.00633 e. The number of hydrogen-bond donors (Lipinski definition) is 1. The molecule has 0 aromatic heterocycles. The van der Waals surface area contributed by atoms with Crippen LogP contribution >= 0.6 is 12.6 Å². The van der Waals surface area contributed by atoms with Crippen molar-refractivity contribution in [3.63, 3.8) is 0 Å². The first-order valence-electron chi connectivity index (χ1n) is 4.73. The normalized spacial score (nSPS) is 13.1. The first-order chi connectivity index (χ1) is 6.20. The Hall–Kier alpha value is -0.430. The van der Waals surface area contributed by atoms with Crippen molar-refractivity contribution >= 4 is 12.6 Å². The Morgan fingerprint density at radius 3 is 2.69 bits per heavy atom. The standard InChI is InChI=1S/C12H20S/c1-4-7-12(10-11(2)3)8-5-6-9-13/h4-5,8,12-13H,1-2,6-7,9-10H2,3H3/b8-5+/t12-/m1/s1. The predicted octanol–water partition coefficient (Wildman–Crippen LogP) is 4.02. The molecule has 0 spiro atoms. The maximum absolute atomic E-state index is 4.16. The molecule has 0 radical (unpaired) electrons. The Morgan fingerprint density at radius 2 is 2.23 bits per heavy atom. The Morgan fingerprint density at radius 1 is 1.54 bits per heavy atom. The molecule has 0 aromatic carbocycles. The molecule has 0 unspecified atom stereocenters. The molecule has 0 aliphatic carbocycles. The highest BCUT2D eigenvalue weighted by molar-refractivity contribution is 7.80. The van der Waals surface area contributed by atoms with Gasteiger partial charge in [0, 0.05) is 0 Å². The molecule has 0 aliphatic rings. The van der Waals surface area contributed by atoms with Crippen LogP contribution in [0.15, 0.2) is 37.0 Å². The van der Waals surface area contributed by atoms with E-state index < -0.39 is 0 Å². The number of thiol groups is 1. The van der Waals surface area contributed by atoms with Crippen LogP contribution in [-0.2, 0) is 0 Å². The molecule has 0 nitrogen and oxygen atoms in total. The van der Waals surface area contributed by atoms with Crippen molar-refractivity contribution in [3.8, 4) is 0 Å². The van der Waals surface area contributed by atoms with Crippen molar-refractivity contribution < 1.29 is 0 Å². The van der Waals surface area contributed by atoms with E-state index in [2.05, 4.69) is 44.9 Å². The summed E-state index contributed by atoms with van der Waals surface area (Å²) in [5.74, 6) is 1.50. The monoisotopic (exact) mass is 196 g/mol. The smallest absolute Gasteiger partial charge is 0.00633 e. The predicted molar refractivity (Wildman–Crippen MR) is 65.3 cm³/mol. The van der Waals surface area contributed by atoms with Gasteiger partial charge in [-0.3, -0.25) is 0 Å². The molecular weight excluding hydrogens is 176 g/mol. The van der Waals surface area contributed by atoms with E-state index in [0.717, 1.165) is 25.0 Å². The van der Waals surface area contributed by atoms with E-state index >= 15 is 0 Å². The van der Waals surface area contributed by atoms with Crippen molar-refractivity contribution in [2.45, 2.75) is 26.2 Å². The van der Waals surface area contributed by atoms with Gasteiger partial charge in [-0.25, -0.2) is 0 Å². The van der Waals surface area contributed by atoms with Crippen LogP contribution in [0.1, 0.15) is 26.2 Å². The van der Waals surface area contributed by atoms with Crippen molar-refractivity contribution in [3.05, 3.63) is 37.0 Å². The van der Waals surface area contributed by atoms with Crippen LogP contribution in [0.25, 0.3) is 0 Å².